The molecule has 2 unspecified atom stereocenters. The largest absolute Gasteiger partial charge is 0.487 e. The van der Waals surface area contributed by atoms with E-state index in [4.69, 9.17) is 16.3 Å². The Hall–Kier alpha value is -3.30. The minimum atomic E-state index is -2.56. The van der Waals surface area contributed by atoms with Crippen LogP contribution in [0.4, 0.5) is 8.78 Å². The molecule has 0 aliphatic carbocycles. The molecule has 0 spiro atoms. The first kappa shape index (κ1) is 33.6. The zero-order valence-electron chi connectivity index (χ0n) is 25.7. The summed E-state index contributed by atoms with van der Waals surface area (Å²) in [7, 11) is 0. The Morgan fingerprint density at radius 1 is 1.11 bits per heavy atom. The predicted molar refractivity (Wildman–Crippen MR) is 171 cm³/mol. The maximum Gasteiger partial charge on any atom is 0.323 e. The van der Waals surface area contributed by atoms with Crippen LogP contribution in [0.3, 0.4) is 0 Å². The number of aryl methyl sites for hydroxylation is 1. The first-order valence-electron chi connectivity index (χ1n) is 14.9. The first-order chi connectivity index (χ1) is 20.9. The molecule has 3 aromatic carbocycles. The van der Waals surface area contributed by atoms with E-state index in [9.17, 15) is 23.8 Å². The Bertz CT molecular complexity index is 1510. The smallest absolute Gasteiger partial charge is 0.323 e. The quantitative estimate of drug-likeness (QED) is 0.186. The van der Waals surface area contributed by atoms with Crippen molar-refractivity contribution in [2.75, 3.05) is 19.6 Å². The highest BCUT2D eigenvalue weighted by Crippen LogP contribution is 2.33. The van der Waals surface area contributed by atoms with Crippen LogP contribution in [-0.2, 0) is 17.9 Å². The number of carbonyl (C=O) groups is 1. The lowest BCUT2D eigenvalue weighted by atomic mass is 9.91. The number of carboxylic acids is 1. The normalized spacial score (nSPS) is 16.4. The minimum Gasteiger partial charge on any atom is -0.487 e. The van der Waals surface area contributed by atoms with Crippen LogP contribution in [0.5, 0.6) is 5.75 Å². The summed E-state index contributed by atoms with van der Waals surface area (Å²) in [6.07, 6.45) is 3.75. The van der Waals surface area contributed by atoms with E-state index >= 15 is 0 Å². The van der Waals surface area contributed by atoms with Gasteiger partial charge in [0.2, 0.25) is 0 Å². The number of hydrogen-bond donors (Lipinski definition) is 3. The van der Waals surface area contributed by atoms with Crippen LogP contribution in [0.1, 0.15) is 53.1 Å². The van der Waals surface area contributed by atoms with Gasteiger partial charge in [-0.15, -0.1) is 0 Å². The van der Waals surface area contributed by atoms with Crippen molar-refractivity contribution in [3.8, 4) is 16.9 Å². The van der Waals surface area contributed by atoms with Gasteiger partial charge < -0.3 is 14.9 Å². The maximum absolute atomic E-state index is 13.5. The van der Waals surface area contributed by atoms with Gasteiger partial charge in [0.15, 0.2) is 0 Å². The molecule has 3 aromatic rings. The third kappa shape index (κ3) is 8.45. The molecule has 44 heavy (non-hydrogen) atoms. The Morgan fingerprint density at radius 2 is 1.82 bits per heavy atom. The van der Waals surface area contributed by atoms with Crippen molar-refractivity contribution < 1.29 is 28.5 Å². The number of rotatable bonds is 13. The van der Waals surface area contributed by atoms with E-state index in [0.29, 0.717) is 30.5 Å². The lowest BCUT2D eigenvalue weighted by Crippen LogP contribution is -2.44. The van der Waals surface area contributed by atoms with Gasteiger partial charge in [0.1, 0.15) is 18.4 Å². The summed E-state index contributed by atoms with van der Waals surface area (Å²) in [5.74, 6) is -3.15. The number of aliphatic carboxylic acids is 1. The van der Waals surface area contributed by atoms with E-state index in [1.165, 1.54) is 6.92 Å². The molecule has 1 aliphatic heterocycles. The SMILES string of the molecule is Cc1cc(OCc2cccc(-c3cccc(/C=C/CCN4CCC(F)(F)C4)c3C)c2C)c(Cl)cc1CNC(C(=O)O)C(C)O. The lowest BCUT2D eigenvalue weighted by molar-refractivity contribution is -0.142. The molecule has 1 aliphatic rings. The molecule has 3 N–H and O–H groups in total. The summed E-state index contributed by atoms with van der Waals surface area (Å²) in [6, 6.07) is 14.8. The van der Waals surface area contributed by atoms with Gasteiger partial charge in [-0.25, -0.2) is 8.78 Å². The average Bonchev–Trinajstić information content (AvgIpc) is 3.31. The molecular weight excluding hydrogens is 586 g/mol. The van der Waals surface area contributed by atoms with E-state index < -0.39 is 24.0 Å². The third-order valence-corrected chi connectivity index (χ3v) is 8.60. The average molecular weight is 627 g/mol. The van der Waals surface area contributed by atoms with Gasteiger partial charge in [-0.2, -0.15) is 0 Å². The molecule has 0 bridgehead atoms. The monoisotopic (exact) mass is 626 g/mol. The van der Waals surface area contributed by atoms with Crippen LogP contribution in [0.15, 0.2) is 54.6 Å². The summed E-state index contributed by atoms with van der Waals surface area (Å²) < 4.78 is 33.1. The van der Waals surface area contributed by atoms with Gasteiger partial charge >= 0.3 is 5.97 Å². The zero-order valence-corrected chi connectivity index (χ0v) is 26.4. The molecule has 0 amide bonds. The number of halogens is 3. The number of hydrogen-bond acceptors (Lipinski definition) is 5. The molecule has 4 rings (SSSR count). The van der Waals surface area contributed by atoms with Crippen molar-refractivity contribution in [3.05, 3.63) is 93.0 Å². The van der Waals surface area contributed by atoms with Crippen LogP contribution in [0.25, 0.3) is 17.2 Å². The summed E-state index contributed by atoms with van der Waals surface area (Å²) in [5.41, 5.74) is 8.27. The summed E-state index contributed by atoms with van der Waals surface area (Å²) in [4.78, 5) is 13.2. The second kappa shape index (κ2) is 14.7. The van der Waals surface area contributed by atoms with Crippen molar-refractivity contribution >= 4 is 23.6 Å². The number of nitrogens with zero attached hydrogens (tertiary/aromatic N) is 1. The van der Waals surface area contributed by atoms with Crippen molar-refractivity contribution in [2.45, 2.75) is 71.8 Å². The number of aliphatic hydroxyl groups excluding tert-OH is 1. The van der Waals surface area contributed by atoms with Gasteiger partial charge in [0.05, 0.1) is 17.7 Å². The molecule has 236 valence electrons. The van der Waals surface area contributed by atoms with Gasteiger partial charge in [-0.05, 0) is 90.8 Å². The Labute approximate surface area is 263 Å². The maximum atomic E-state index is 13.5. The van der Waals surface area contributed by atoms with Crippen LogP contribution in [0.2, 0.25) is 5.02 Å². The van der Waals surface area contributed by atoms with Gasteiger partial charge in [0.25, 0.3) is 5.92 Å². The molecule has 0 saturated carbocycles. The molecule has 0 radical (unpaired) electrons. The molecule has 1 fully saturated rings. The van der Waals surface area contributed by atoms with Crippen LogP contribution in [-0.4, -0.2) is 58.8 Å². The second-order valence-electron chi connectivity index (χ2n) is 11.6. The molecule has 0 aromatic heterocycles. The Balaban J connectivity index is 1.43. The van der Waals surface area contributed by atoms with Gasteiger partial charge in [-0.3, -0.25) is 15.0 Å². The standard InChI is InChI=1S/C35H41ClF2N2O4/c1-22-17-32(31(36)18-28(22)19-39-33(25(4)41)34(42)43)44-20-27-11-8-13-30(24(27)3)29-12-7-10-26(23(29)2)9-5-6-15-40-16-14-35(37,38)21-40/h5,7-13,17-18,25,33,39,41H,6,14-16,19-21H2,1-4H3,(H,42,43)/b9-5+. The third-order valence-electron chi connectivity index (χ3n) is 8.30. The molecule has 6 nitrogen and oxygen atoms in total. The number of likely N-dealkylation sites (tertiary alicyclic amines) is 1. The van der Waals surface area contributed by atoms with Crippen LogP contribution < -0.4 is 10.1 Å². The van der Waals surface area contributed by atoms with Crippen molar-refractivity contribution in [1.82, 2.24) is 10.2 Å². The summed E-state index contributed by atoms with van der Waals surface area (Å²) in [5, 5.41) is 22.3. The topological polar surface area (TPSA) is 82.0 Å². The first-order valence-corrected chi connectivity index (χ1v) is 15.3. The van der Waals surface area contributed by atoms with E-state index in [1.807, 2.05) is 36.1 Å². The highest BCUT2D eigenvalue weighted by Gasteiger charge is 2.37. The Morgan fingerprint density at radius 3 is 2.48 bits per heavy atom. The van der Waals surface area contributed by atoms with Gasteiger partial charge in [0, 0.05) is 26.1 Å². The van der Waals surface area contributed by atoms with Crippen molar-refractivity contribution in [2.24, 2.45) is 0 Å². The minimum absolute atomic E-state index is 0.0555. The molecule has 1 heterocycles. The number of nitrogens with one attached hydrogen (secondary N) is 1. The van der Waals surface area contributed by atoms with E-state index in [1.54, 1.807) is 6.07 Å². The second-order valence-corrected chi connectivity index (χ2v) is 12.0. The number of carboxylic acid groups (broad SMARTS) is 1. The molecule has 9 heteroatoms. The number of ether oxygens (including phenoxy) is 1. The zero-order chi connectivity index (χ0) is 32.0. The summed E-state index contributed by atoms with van der Waals surface area (Å²) >= 11 is 6.55. The fourth-order valence-corrected chi connectivity index (χ4v) is 5.80. The lowest BCUT2D eigenvalue weighted by Gasteiger charge is -2.19. The molecule has 1 saturated heterocycles. The van der Waals surface area contributed by atoms with E-state index in [0.717, 1.165) is 50.9 Å². The van der Waals surface area contributed by atoms with Crippen molar-refractivity contribution in [3.63, 3.8) is 0 Å². The van der Waals surface area contributed by atoms with E-state index in [-0.39, 0.29) is 19.5 Å². The summed E-state index contributed by atoms with van der Waals surface area (Å²) in [6.45, 7) is 8.98. The van der Waals surface area contributed by atoms with Crippen LogP contribution >= 0.6 is 11.6 Å². The fourth-order valence-electron chi connectivity index (χ4n) is 5.56. The number of alkyl halides is 2. The number of benzene rings is 3. The predicted octanol–water partition coefficient (Wildman–Crippen LogP) is 7.18. The fraction of sp³-hybridized carbons (Fsp3) is 0.400. The van der Waals surface area contributed by atoms with Gasteiger partial charge in [-0.1, -0.05) is 60.2 Å². The Kier molecular flexibility index (Phi) is 11.2. The van der Waals surface area contributed by atoms with Crippen LogP contribution in [0, 0.1) is 20.8 Å². The highest BCUT2D eigenvalue weighted by atomic mass is 35.5. The number of aliphatic hydroxyl groups is 1. The molecular formula is C35H41ClF2N2O4. The molecule has 2 atom stereocenters. The van der Waals surface area contributed by atoms with Crippen molar-refractivity contribution in [1.29, 1.82) is 0 Å². The highest BCUT2D eigenvalue weighted by molar-refractivity contribution is 6.32. The van der Waals surface area contributed by atoms with E-state index in [2.05, 4.69) is 49.5 Å².